The van der Waals surface area contributed by atoms with E-state index in [1.54, 1.807) is 33.0 Å². The molecule has 1 aliphatic heterocycles. The maximum atomic E-state index is 14.3. The Balaban J connectivity index is 0.00000456. The number of anilines is 1. The molecule has 36 heavy (non-hydrogen) atoms. The second-order valence-corrected chi connectivity index (χ2v) is 8.41. The maximum absolute atomic E-state index is 14.3. The lowest BCUT2D eigenvalue weighted by molar-refractivity contribution is -0.146. The summed E-state index contributed by atoms with van der Waals surface area (Å²) in [6.45, 7) is 3.44. The number of ether oxygens (including phenoxy) is 1. The number of benzene rings is 2. The molecule has 11 heteroatoms. The number of nitrogens with zero attached hydrogens (tertiary/aromatic N) is 1. The van der Waals surface area contributed by atoms with Crippen LogP contribution in [-0.2, 0) is 25.5 Å². The number of carbonyl (C=O) groups excluding carboxylic acids is 3. The zero-order chi connectivity index (χ0) is 25.7. The predicted octanol–water partition coefficient (Wildman–Crippen LogP) is 2.58. The second-order valence-electron chi connectivity index (χ2n) is 8.41. The second kappa shape index (κ2) is 12.8. The summed E-state index contributed by atoms with van der Waals surface area (Å²) < 4.78 is 33.9. The number of fused-ring (bicyclic) bond motifs is 1. The standard InChI is InChI=1S/C25H30F2N4O4.ClH/c1-14(28-3)23(32)29-20(15(2)35-4)25(34)31-13-12-16-8-5-6-9-17(16)22(31)24(33)30-21-18(26)10-7-11-19(21)27;/h5-11,14-15,20,22,28H,12-13H2,1-4H3,(H,29,32)(H,30,33);1H/t14-,15+,20-,22?;/m0./s1. The first-order chi connectivity index (χ1) is 16.7. The molecule has 0 aromatic heterocycles. The maximum Gasteiger partial charge on any atom is 0.251 e. The van der Waals surface area contributed by atoms with Gasteiger partial charge in [0.05, 0.1) is 12.1 Å². The van der Waals surface area contributed by atoms with E-state index in [1.807, 2.05) is 12.1 Å². The van der Waals surface area contributed by atoms with E-state index in [0.29, 0.717) is 12.0 Å². The van der Waals surface area contributed by atoms with Gasteiger partial charge in [0, 0.05) is 13.7 Å². The van der Waals surface area contributed by atoms with Crippen LogP contribution in [0.3, 0.4) is 0 Å². The average Bonchev–Trinajstić information content (AvgIpc) is 2.87. The van der Waals surface area contributed by atoms with E-state index in [4.69, 9.17) is 4.74 Å². The number of methoxy groups -OCH3 is 1. The first-order valence-electron chi connectivity index (χ1n) is 11.3. The van der Waals surface area contributed by atoms with Crippen LogP contribution in [0.25, 0.3) is 0 Å². The summed E-state index contributed by atoms with van der Waals surface area (Å²) in [5, 5.41) is 7.82. The van der Waals surface area contributed by atoms with Gasteiger partial charge in [-0.3, -0.25) is 14.4 Å². The summed E-state index contributed by atoms with van der Waals surface area (Å²) in [6, 6.07) is 7.51. The largest absolute Gasteiger partial charge is 0.379 e. The summed E-state index contributed by atoms with van der Waals surface area (Å²) in [5.41, 5.74) is 0.792. The third-order valence-corrected chi connectivity index (χ3v) is 6.26. The van der Waals surface area contributed by atoms with Crippen molar-refractivity contribution in [3.63, 3.8) is 0 Å². The van der Waals surface area contributed by atoms with Crippen molar-refractivity contribution in [3.05, 3.63) is 65.2 Å². The monoisotopic (exact) mass is 524 g/mol. The molecule has 2 aromatic carbocycles. The van der Waals surface area contributed by atoms with Crippen molar-refractivity contribution >= 4 is 35.8 Å². The highest BCUT2D eigenvalue weighted by atomic mass is 35.5. The number of halogens is 3. The highest BCUT2D eigenvalue weighted by molar-refractivity contribution is 6.00. The van der Waals surface area contributed by atoms with Crippen LogP contribution in [0.5, 0.6) is 0 Å². The van der Waals surface area contributed by atoms with Gasteiger partial charge < -0.3 is 25.6 Å². The quantitative estimate of drug-likeness (QED) is 0.493. The fourth-order valence-electron chi connectivity index (χ4n) is 4.00. The molecule has 3 rings (SSSR count). The van der Waals surface area contributed by atoms with Gasteiger partial charge in [-0.2, -0.15) is 0 Å². The molecule has 3 amide bonds. The Hall–Kier alpha value is -3.08. The van der Waals surface area contributed by atoms with Crippen LogP contribution in [-0.4, -0.2) is 61.5 Å². The Morgan fingerprint density at radius 3 is 2.31 bits per heavy atom. The van der Waals surface area contributed by atoms with Gasteiger partial charge in [-0.05, 0) is 50.6 Å². The Morgan fingerprint density at radius 2 is 1.69 bits per heavy atom. The number of carbonyl (C=O) groups is 3. The number of hydrogen-bond donors (Lipinski definition) is 3. The molecule has 0 spiro atoms. The molecule has 0 saturated carbocycles. The smallest absolute Gasteiger partial charge is 0.251 e. The molecule has 2 aromatic rings. The van der Waals surface area contributed by atoms with Gasteiger partial charge in [0.2, 0.25) is 11.8 Å². The van der Waals surface area contributed by atoms with Crippen molar-refractivity contribution in [2.24, 2.45) is 0 Å². The molecule has 1 unspecified atom stereocenters. The Labute approximate surface area is 215 Å². The first kappa shape index (κ1) is 29.2. The minimum Gasteiger partial charge on any atom is -0.379 e. The molecular weight excluding hydrogens is 494 g/mol. The van der Waals surface area contributed by atoms with Crippen LogP contribution in [0.2, 0.25) is 0 Å². The van der Waals surface area contributed by atoms with Crippen molar-refractivity contribution in [2.45, 2.75) is 44.5 Å². The molecule has 8 nitrogen and oxygen atoms in total. The first-order valence-corrected chi connectivity index (χ1v) is 11.3. The van der Waals surface area contributed by atoms with E-state index in [1.165, 1.54) is 18.1 Å². The molecular formula is C25H31ClF2N4O4. The highest BCUT2D eigenvalue weighted by Gasteiger charge is 2.41. The van der Waals surface area contributed by atoms with E-state index in [9.17, 15) is 23.2 Å². The van der Waals surface area contributed by atoms with Crippen LogP contribution in [0, 0.1) is 11.6 Å². The normalized spacial score (nSPS) is 17.2. The average molecular weight is 525 g/mol. The van der Waals surface area contributed by atoms with E-state index >= 15 is 0 Å². The van der Waals surface area contributed by atoms with Crippen molar-refractivity contribution in [1.82, 2.24) is 15.5 Å². The lowest BCUT2D eigenvalue weighted by Gasteiger charge is -2.39. The highest BCUT2D eigenvalue weighted by Crippen LogP contribution is 2.32. The Bertz CT molecular complexity index is 1080. The Kier molecular flexibility index (Phi) is 10.3. The SMILES string of the molecule is CN[C@@H](C)C(=O)N[C@H](C(=O)N1CCc2ccccc2C1C(=O)Nc1c(F)cccc1F)[C@@H](C)OC.Cl. The van der Waals surface area contributed by atoms with Gasteiger partial charge in [0.15, 0.2) is 0 Å². The molecule has 3 N–H and O–H groups in total. The van der Waals surface area contributed by atoms with Gasteiger partial charge in [-0.25, -0.2) is 8.78 Å². The molecule has 4 atom stereocenters. The van der Waals surface area contributed by atoms with Crippen LogP contribution < -0.4 is 16.0 Å². The van der Waals surface area contributed by atoms with Gasteiger partial charge in [-0.15, -0.1) is 12.4 Å². The summed E-state index contributed by atoms with van der Waals surface area (Å²) in [4.78, 5) is 41.0. The van der Waals surface area contributed by atoms with Gasteiger partial charge in [0.25, 0.3) is 5.91 Å². The lowest BCUT2D eigenvalue weighted by Crippen LogP contribution is -2.59. The molecule has 0 saturated heterocycles. The summed E-state index contributed by atoms with van der Waals surface area (Å²) in [6.07, 6.45) is -0.241. The van der Waals surface area contributed by atoms with Crippen molar-refractivity contribution in [1.29, 1.82) is 0 Å². The number of hydrogen-bond acceptors (Lipinski definition) is 5. The van der Waals surface area contributed by atoms with E-state index < -0.39 is 59.3 Å². The zero-order valence-corrected chi connectivity index (χ0v) is 21.3. The fraction of sp³-hybridized carbons (Fsp3) is 0.400. The van der Waals surface area contributed by atoms with Crippen molar-refractivity contribution in [3.8, 4) is 0 Å². The van der Waals surface area contributed by atoms with Crippen LogP contribution >= 0.6 is 12.4 Å². The summed E-state index contributed by atoms with van der Waals surface area (Å²) >= 11 is 0. The van der Waals surface area contributed by atoms with E-state index in [-0.39, 0.29) is 19.0 Å². The lowest BCUT2D eigenvalue weighted by atomic mass is 9.91. The van der Waals surface area contributed by atoms with Crippen molar-refractivity contribution in [2.75, 3.05) is 26.0 Å². The molecule has 0 bridgehead atoms. The summed E-state index contributed by atoms with van der Waals surface area (Å²) in [5.74, 6) is -3.59. The van der Waals surface area contributed by atoms with E-state index in [2.05, 4.69) is 16.0 Å². The zero-order valence-electron chi connectivity index (χ0n) is 20.5. The number of likely N-dealkylation sites (N-methyl/N-ethyl adjacent to an activating group) is 1. The van der Waals surface area contributed by atoms with Gasteiger partial charge >= 0.3 is 0 Å². The minimum absolute atomic E-state index is 0. The van der Waals surface area contributed by atoms with Crippen LogP contribution in [0.1, 0.15) is 31.0 Å². The molecule has 0 fully saturated rings. The molecule has 1 aliphatic rings. The van der Waals surface area contributed by atoms with Gasteiger partial charge in [-0.1, -0.05) is 30.3 Å². The minimum atomic E-state index is -1.17. The van der Waals surface area contributed by atoms with E-state index in [0.717, 1.165) is 17.7 Å². The van der Waals surface area contributed by atoms with Crippen molar-refractivity contribution < 1.29 is 27.9 Å². The summed E-state index contributed by atoms with van der Waals surface area (Å²) in [7, 11) is 3.03. The van der Waals surface area contributed by atoms with Crippen LogP contribution in [0.15, 0.2) is 42.5 Å². The molecule has 1 heterocycles. The Morgan fingerprint density at radius 1 is 1.06 bits per heavy atom. The number of rotatable bonds is 8. The third kappa shape index (κ3) is 6.18. The molecule has 196 valence electrons. The van der Waals surface area contributed by atoms with Gasteiger partial charge in [0.1, 0.15) is 29.4 Å². The molecule has 0 aliphatic carbocycles. The van der Waals surface area contributed by atoms with Crippen LogP contribution in [0.4, 0.5) is 14.5 Å². The fourth-order valence-corrected chi connectivity index (χ4v) is 4.00. The predicted molar refractivity (Wildman–Crippen MR) is 134 cm³/mol. The number of nitrogens with one attached hydrogen (secondary N) is 3. The molecule has 0 radical (unpaired) electrons. The third-order valence-electron chi connectivity index (χ3n) is 6.26. The number of amides is 3. The number of para-hydroxylation sites is 1. The topological polar surface area (TPSA) is 99.8 Å².